The molecule has 0 atom stereocenters. The zero-order chi connectivity index (χ0) is 51.0. The van der Waals surface area contributed by atoms with Crippen molar-refractivity contribution in [1.82, 2.24) is 25.8 Å². The number of nitrogen functional groups attached to an aromatic ring is 1. The van der Waals surface area contributed by atoms with Crippen molar-refractivity contribution in [2.24, 2.45) is 5.84 Å². The number of amides is 1. The first-order valence-corrected chi connectivity index (χ1v) is 25.9. The Kier molecular flexibility index (Phi) is 30.7. The monoisotopic (exact) mass is 1320 g/mol. The lowest BCUT2D eigenvalue weighted by molar-refractivity contribution is -0.120. The van der Waals surface area contributed by atoms with Crippen molar-refractivity contribution in [1.29, 1.82) is 5.26 Å². The van der Waals surface area contributed by atoms with Gasteiger partial charge >= 0.3 is 6.01 Å². The smallest absolute Gasteiger partial charge is 0.312 e. The molecule has 7 N–H and O–H groups in total. The maximum Gasteiger partial charge on any atom is 0.312 e. The predicted octanol–water partition coefficient (Wildman–Crippen LogP) is 10.3. The summed E-state index contributed by atoms with van der Waals surface area (Å²) in [6.45, 7) is 0. The quantitative estimate of drug-likeness (QED) is 0.0377. The molecule has 5 aromatic carbocycles. The number of nitriles is 1. The summed E-state index contributed by atoms with van der Waals surface area (Å²) in [5.41, 5.74) is 10.4. The molecule has 70 heavy (non-hydrogen) atoms. The van der Waals surface area contributed by atoms with Gasteiger partial charge in [-0.2, -0.15) is 5.26 Å². The number of benzene rings is 5. The number of rotatable bonds is 10. The Labute approximate surface area is 447 Å². The highest BCUT2D eigenvalue weighted by molar-refractivity contribution is 9.12. The van der Waals surface area contributed by atoms with Crippen LogP contribution in [0, 0.1) is 31.8 Å². The molecular formula is C41H37Br4Cl3F2N8O10S2. The van der Waals surface area contributed by atoms with Crippen molar-refractivity contribution >= 4 is 128 Å². The molecular weight excluding hydrogens is 1290 g/mol. The fourth-order valence-corrected chi connectivity index (χ4v) is 9.53. The van der Waals surface area contributed by atoms with E-state index in [2.05, 4.69) is 89.5 Å². The van der Waals surface area contributed by atoms with E-state index in [0.29, 0.717) is 31.0 Å². The summed E-state index contributed by atoms with van der Waals surface area (Å²) in [5.74, 6) is 3.81. The summed E-state index contributed by atoms with van der Waals surface area (Å²) in [5, 5.41) is 21.8. The SMILES string of the molecule is C.N#CBr.NNC(=O)Cc1cccc(Br)c1.Nc1nnc(Cc2cccc(Br)c2)o1.O.O=O.O=S(=O)(Cc1nnc(Cc2cccc(Br)c2)o1)c1ccc(F)cc1Cl.O=S(=O)(Cl)c1ccc(F)cc1Cl. The van der Waals surface area contributed by atoms with Crippen LogP contribution in [0.15, 0.2) is 141 Å². The third-order valence-corrected chi connectivity index (χ3v) is 13.0. The number of carbonyl (C=O) groups is 1. The molecule has 2 aromatic heterocycles. The number of aromatic nitrogens is 4. The normalized spacial score (nSPS) is 10.0. The van der Waals surface area contributed by atoms with Crippen LogP contribution in [0.2, 0.25) is 10.0 Å². The molecule has 0 saturated carbocycles. The number of hydrogen-bond acceptors (Lipinski definition) is 16. The Hall–Kier alpha value is -4.79. The Morgan fingerprint density at radius 1 is 0.686 bits per heavy atom. The fourth-order valence-electron chi connectivity index (χ4n) is 4.92. The molecule has 0 fully saturated rings. The van der Waals surface area contributed by atoms with E-state index >= 15 is 0 Å². The first-order chi connectivity index (χ1) is 32.1. The van der Waals surface area contributed by atoms with E-state index in [1.165, 1.54) is 0 Å². The number of nitrogens with zero attached hydrogens (tertiary/aromatic N) is 5. The molecule has 0 aliphatic carbocycles. The van der Waals surface area contributed by atoms with Crippen LogP contribution in [-0.2, 0) is 48.7 Å². The Morgan fingerprint density at radius 2 is 1.09 bits per heavy atom. The molecule has 7 rings (SSSR count). The number of hydrazine groups is 1. The summed E-state index contributed by atoms with van der Waals surface area (Å²) < 4.78 is 85.1. The van der Waals surface area contributed by atoms with Crippen molar-refractivity contribution in [3.8, 4) is 4.98 Å². The van der Waals surface area contributed by atoms with Crippen LogP contribution in [0.4, 0.5) is 14.8 Å². The second-order valence-corrected chi connectivity index (χ2v) is 21.0. The number of halogens is 9. The summed E-state index contributed by atoms with van der Waals surface area (Å²) in [6, 6.07) is 29.1. The number of nitrogens with two attached hydrogens (primary N) is 2. The lowest BCUT2D eigenvalue weighted by Crippen LogP contribution is -2.31. The van der Waals surface area contributed by atoms with E-state index < -0.39 is 36.3 Å². The minimum absolute atomic E-state index is 0. The second-order valence-electron chi connectivity index (χ2n) is 12.5. The van der Waals surface area contributed by atoms with Gasteiger partial charge in [0.05, 0.1) is 34.2 Å². The average Bonchev–Trinajstić information content (AvgIpc) is 3.88. The van der Waals surface area contributed by atoms with Crippen molar-refractivity contribution in [3.63, 3.8) is 0 Å². The third kappa shape index (κ3) is 24.4. The minimum atomic E-state index is -3.88. The zero-order valence-corrected chi connectivity index (χ0v) is 44.7. The molecule has 7 aromatic rings. The van der Waals surface area contributed by atoms with Gasteiger partial charge in [0.1, 0.15) is 27.3 Å². The Bertz CT molecular complexity index is 3030. The largest absolute Gasteiger partial charge is 0.424 e. The lowest BCUT2D eigenvalue weighted by atomic mass is 10.1. The summed E-state index contributed by atoms with van der Waals surface area (Å²) >= 11 is 23.8. The molecule has 2 heterocycles. The van der Waals surface area contributed by atoms with Gasteiger partial charge in [-0.1, -0.05) is 120 Å². The van der Waals surface area contributed by atoms with Crippen LogP contribution in [0.25, 0.3) is 0 Å². The summed E-state index contributed by atoms with van der Waals surface area (Å²) in [6.07, 6.45) is 1.30. The maximum atomic E-state index is 13.1. The van der Waals surface area contributed by atoms with Gasteiger partial charge in [0.15, 0.2) is 9.84 Å². The molecule has 18 nitrogen and oxygen atoms in total. The molecule has 29 heteroatoms. The second kappa shape index (κ2) is 33.0. The van der Waals surface area contributed by atoms with Crippen molar-refractivity contribution in [2.45, 2.75) is 42.2 Å². The van der Waals surface area contributed by atoms with E-state index in [1.54, 1.807) is 4.98 Å². The van der Waals surface area contributed by atoms with E-state index in [-0.39, 0.29) is 50.6 Å². The molecule has 0 saturated heterocycles. The Morgan fingerprint density at radius 3 is 1.49 bits per heavy atom. The van der Waals surface area contributed by atoms with Crippen molar-refractivity contribution in [3.05, 3.63) is 189 Å². The van der Waals surface area contributed by atoms with Crippen LogP contribution in [0.5, 0.6) is 0 Å². The highest BCUT2D eigenvalue weighted by atomic mass is 79.9. The van der Waals surface area contributed by atoms with E-state index in [1.807, 2.05) is 72.8 Å². The van der Waals surface area contributed by atoms with Crippen molar-refractivity contribution < 1.29 is 44.7 Å². The standard InChI is InChI=1S/C16H11BrClFN2O3S.C9H8BrN3O.C8H9BrN2O.C6H3Cl2FO2S.CBrN.CH4.O2.H2O/c17-11-3-1-2-10(6-11)7-15-20-21-16(24-15)9-25(22,23)14-5-4-12(19)8-13(14)18;10-7-3-1-2-6(4-7)5-8-12-13-9(11)14-8;9-7-3-1-2-6(4-7)5-8(12)11-10;7-5-3-4(9)1-2-6(5)12(8,10)11;2-1-3;;1-2;/h1-6,8H,7,9H2;1-4H,5H2,(H2,11,13);1-4H,5,10H2,(H,11,12);1-3H;;1H4;;1H2. The van der Waals surface area contributed by atoms with Gasteiger partial charge in [0.25, 0.3) is 9.05 Å². The molecule has 0 unspecified atom stereocenters. The molecule has 0 radical (unpaired) electrons. The highest BCUT2D eigenvalue weighted by Gasteiger charge is 2.23. The van der Waals surface area contributed by atoms with Crippen molar-refractivity contribution in [2.75, 3.05) is 5.73 Å². The topological polar surface area (TPSA) is 317 Å². The van der Waals surface area contributed by atoms with E-state index in [9.17, 15) is 30.4 Å². The molecule has 0 spiro atoms. The number of sulfone groups is 1. The van der Waals surface area contributed by atoms with Crippen LogP contribution < -0.4 is 17.0 Å². The molecule has 1 amide bonds. The minimum Gasteiger partial charge on any atom is -0.424 e. The van der Waals surface area contributed by atoms with Crippen LogP contribution in [0.3, 0.4) is 0 Å². The van der Waals surface area contributed by atoms with E-state index in [4.69, 9.17) is 69.5 Å². The molecule has 376 valence electrons. The zero-order valence-electron chi connectivity index (χ0n) is 34.5. The van der Waals surface area contributed by atoms with E-state index in [0.717, 1.165) is 66.5 Å². The van der Waals surface area contributed by atoms with Gasteiger partial charge in [-0.15, -0.1) is 15.3 Å². The Balaban J connectivity index is 0.000000915. The van der Waals surface area contributed by atoms with Crippen LogP contribution >= 0.6 is 97.6 Å². The molecule has 0 bridgehead atoms. The van der Waals surface area contributed by atoms with Crippen LogP contribution in [0.1, 0.15) is 41.8 Å². The fraction of sp³-hybridized carbons (Fsp3) is 0.122. The van der Waals surface area contributed by atoms with Gasteiger partial charge in [0, 0.05) is 50.0 Å². The van der Waals surface area contributed by atoms with Gasteiger partial charge in [0.2, 0.25) is 23.6 Å². The molecule has 0 aliphatic rings. The van der Waals surface area contributed by atoms with Gasteiger partial charge in [-0.05, 0) is 89.5 Å². The first-order valence-electron chi connectivity index (χ1n) is 18.0. The lowest BCUT2D eigenvalue weighted by Gasteiger charge is -2.04. The maximum absolute atomic E-state index is 13.1. The predicted molar refractivity (Wildman–Crippen MR) is 275 cm³/mol. The number of carbonyl (C=O) groups excluding carboxylic acids is 1. The van der Waals surface area contributed by atoms with Gasteiger partial charge < -0.3 is 20.0 Å². The van der Waals surface area contributed by atoms with Gasteiger partial charge in [-0.25, -0.2) is 31.5 Å². The first kappa shape index (κ1) is 65.2. The van der Waals surface area contributed by atoms with Crippen LogP contribution in [-0.4, -0.2) is 48.6 Å². The summed E-state index contributed by atoms with van der Waals surface area (Å²) in [7, 11) is -2.72. The molecule has 0 aliphatic heterocycles. The number of anilines is 1. The van der Waals surface area contributed by atoms with Gasteiger partial charge in [-0.3, -0.25) is 10.2 Å². The third-order valence-electron chi connectivity index (χ3n) is 7.59. The number of hydrogen-bond donors (Lipinski definition) is 3. The average molecular weight is 1330 g/mol. The number of nitrogens with one attached hydrogen (secondary N) is 1. The highest BCUT2D eigenvalue weighted by Crippen LogP contribution is 2.27. The summed E-state index contributed by atoms with van der Waals surface area (Å²) in [4.78, 5) is 25.9.